The van der Waals surface area contributed by atoms with Crippen LogP contribution in [0.3, 0.4) is 0 Å². The zero-order chi connectivity index (χ0) is 9.97. The van der Waals surface area contributed by atoms with E-state index in [1.54, 1.807) is 6.07 Å². The highest BCUT2D eigenvalue weighted by Gasteiger charge is 2.11. The zero-order valence-electron chi connectivity index (χ0n) is 7.71. The average Bonchev–Trinajstić information content (AvgIpc) is 2.18. The predicted octanol–water partition coefficient (Wildman–Crippen LogP) is 2.42. The van der Waals surface area contributed by atoms with Crippen LogP contribution in [0.1, 0.15) is 0 Å². The lowest BCUT2D eigenvalue weighted by Gasteiger charge is -2.28. The lowest BCUT2D eigenvalue weighted by molar-refractivity contribution is 0.579. The van der Waals surface area contributed by atoms with Gasteiger partial charge in [0, 0.05) is 41.9 Å². The third kappa shape index (κ3) is 2.32. The van der Waals surface area contributed by atoms with Gasteiger partial charge in [-0.15, -0.1) is 0 Å². The van der Waals surface area contributed by atoms with E-state index in [1.165, 1.54) is 0 Å². The van der Waals surface area contributed by atoms with Crippen molar-refractivity contribution in [3.63, 3.8) is 0 Å². The fraction of sp³-hybridized carbons (Fsp3) is 0.400. The van der Waals surface area contributed by atoms with E-state index in [9.17, 15) is 0 Å². The molecular formula is C10H11Cl2N2. The van der Waals surface area contributed by atoms with Crippen LogP contribution in [-0.4, -0.2) is 26.2 Å². The first-order valence-electron chi connectivity index (χ1n) is 4.60. The maximum atomic E-state index is 5.93. The largest absolute Gasteiger partial charge is 0.369 e. The Morgan fingerprint density at radius 2 is 1.57 bits per heavy atom. The molecule has 1 aromatic carbocycles. The van der Waals surface area contributed by atoms with Gasteiger partial charge in [-0.25, -0.2) is 5.32 Å². The van der Waals surface area contributed by atoms with Crippen molar-refractivity contribution in [2.24, 2.45) is 0 Å². The lowest BCUT2D eigenvalue weighted by Crippen LogP contribution is -2.40. The molecule has 0 N–H and O–H groups in total. The van der Waals surface area contributed by atoms with Gasteiger partial charge in [0.2, 0.25) is 0 Å². The molecule has 1 radical (unpaired) electrons. The van der Waals surface area contributed by atoms with Crippen molar-refractivity contribution in [2.45, 2.75) is 0 Å². The topological polar surface area (TPSA) is 17.3 Å². The van der Waals surface area contributed by atoms with Crippen molar-refractivity contribution < 1.29 is 0 Å². The number of anilines is 1. The van der Waals surface area contributed by atoms with Crippen LogP contribution < -0.4 is 10.2 Å². The van der Waals surface area contributed by atoms with E-state index in [4.69, 9.17) is 23.2 Å². The van der Waals surface area contributed by atoms with E-state index in [2.05, 4.69) is 10.2 Å². The molecule has 0 aliphatic carbocycles. The van der Waals surface area contributed by atoms with Crippen molar-refractivity contribution in [3.8, 4) is 0 Å². The van der Waals surface area contributed by atoms with Crippen molar-refractivity contribution in [3.05, 3.63) is 28.2 Å². The Balaban J connectivity index is 2.21. The van der Waals surface area contributed by atoms with Crippen LogP contribution in [0.25, 0.3) is 0 Å². The van der Waals surface area contributed by atoms with Crippen LogP contribution >= 0.6 is 23.2 Å². The fourth-order valence-corrected chi connectivity index (χ4v) is 2.10. The Hall–Kier alpha value is -0.440. The first kappa shape index (κ1) is 10.1. The van der Waals surface area contributed by atoms with Gasteiger partial charge >= 0.3 is 0 Å². The van der Waals surface area contributed by atoms with Crippen molar-refractivity contribution >= 4 is 28.9 Å². The van der Waals surface area contributed by atoms with E-state index < -0.39 is 0 Å². The summed E-state index contributed by atoms with van der Waals surface area (Å²) >= 11 is 11.9. The Kier molecular flexibility index (Phi) is 3.16. The van der Waals surface area contributed by atoms with E-state index in [-0.39, 0.29) is 0 Å². The highest BCUT2D eigenvalue weighted by Crippen LogP contribution is 2.25. The van der Waals surface area contributed by atoms with Gasteiger partial charge in [-0.3, -0.25) is 0 Å². The predicted molar refractivity (Wildman–Crippen MR) is 60.5 cm³/mol. The summed E-state index contributed by atoms with van der Waals surface area (Å²) in [5.74, 6) is 0. The Bertz CT molecular complexity index is 302. The van der Waals surface area contributed by atoms with Gasteiger partial charge in [0.1, 0.15) is 0 Å². The van der Waals surface area contributed by atoms with Gasteiger partial charge in [-0.1, -0.05) is 23.2 Å². The molecule has 0 saturated carbocycles. The molecule has 0 amide bonds. The molecule has 0 bridgehead atoms. The van der Waals surface area contributed by atoms with Gasteiger partial charge in [-0.2, -0.15) is 0 Å². The molecule has 1 heterocycles. The van der Waals surface area contributed by atoms with Crippen LogP contribution in [0.5, 0.6) is 0 Å². The Morgan fingerprint density at radius 1 is 1.00 bits per heavy atom. The Morgan fingerprint density at radius 3 is 2.14 bits per heavy atom. The molecule has 1 saturated heterocycles. The summed E-state index contributed by atoms with van der Waals surface area (Å²) in [7, 11) is 0. The van der Waals surface area contributed by atoms with E-state index in [1.807, 2.05) is 12.1 Å². The number of rotatable bonds is 1. The highest BCUT2D eigenvalue weighted by atomic mass is 35.5. The molecule has 1 aromatic rings. The molecule has 4 heteroatoms. The molecule has 1 fully saturated rings. The Labute approximate surface area is 93.8 Å². The second-order valence-electron chi connectivity index (χ2n) is 3.29. The summed E-state index contributed by atoms with van der Waals surface area (Å²) in [6.07, 6.45) is 0. The number of hydrogen-bond donors (Lipinski definition) is 0. The summed E-state index contributed by atoms with van der Waals surface area (Å²) in [4.78, 5) is 2.25. The van der Waals surface area contributed by atoms with Crippen molar-refractivity contribution in [2.75, 3.05) is 31.1 Å². The number of benzene rings is 1. The quantitative estimate of drug-likeness (QED) is 0.724. The molecule has 14 heavy (non-hydrogen) atoms. The average molecular weight is 230 g/mol. The number of nitrogens with zero attached hydrogens (tertiary/aromatic N) is 2. The van der Waals surface area contributed by atoms with E-state index >= 15 is 0 Å². The van der Waals surface area contributed by atoms with Crippen LogP contribution in [0.4, 0.5) is 5.69 Å². The third-order valence-electron chi connectivity index (χ3n) is 2.27. The summed E-state index contributed by atoms with van der Waals surface area (Å²) in [5, 5.41) is 5.67. The van der Waals surface area contributed by atoms with Gasteiger partial charge in [0.05, 0.1) is 0 Å². The first-order valence-corrected chi connectivity index (χ1v) is 5.35. The summed E-state index contributed by atoms with van der Waals surface area (Å²) in [6.45, 7) is 3.70. The second-order valence-corrected chi connectivity index (χ2v) is 4.16. The molecule has 2 rings (SSSR count). The number of piperazine rings is 1. The molecule has 0 atom stereocenters. The standard InChI is InChI=1S/C10H11Cl2N2/c11-8-5-9(12)7-10(6-8)14-3-1-13-2-4-14/h5-7H,1-4H2. The summed E-state index contributed by atoms with van der Waals surface area (Å²) in [5.41, 5.74) is 1.09. The second kappa shape index (κ2) is 4.39. The minimum atomic E-state index is 0.690. The SMILES string of the molecule is Clc1cc(Cl)cc(N2CC[N]CC2)c1. The smallest absolute Gasteiger partial charge is 0.0441 e. The maximum Gasteiger partial charge on any atom is 0.0441 e. The van der Waals surface area contributed by atoms with Crippen molar-refractivity contribution in [1.82, 2.24) is 5.32 Å². The molecular weight excluding hydrogens is 219 g/mol. The van der Waals surface area contributed by atoms with E-state index in [0.29, 0.717) is 10.0 Å². The van der Waals surface area contributed by atoms with E-state index in [0.717, 1.165) is 31.9 Å². The molecule has 1 aliphatic heterocycles. The van der Waals surface area contributed by atoms with Crippen LogP contribution in [0.15, 0.2) is 18.2 Å². The number of hydrogen-bond acceptors (Lipinski definition) is 1. The third-order valence-corrected chi connectivity index (χ3v) is 2.70. The molecule has 0 spiro atoms. The normalized spacial score (nSPS) is 17.1. The summed E-state index contributed by atoms with van der Waals surface area (Å²) in [6, 6.07) is 5.64. The van der Waals surface area contributed by atoms with Gasteiger partial charge in [-0.05, 0) is 18.2 Å². The molecule has 75 valence electrons. The van der Waals surface area contributed by atoms with Gasteiger partial charge in [0.15, 0.2) is 0 Å². The van der Waals surface area contributed by atoms with Gasteiger partial charge < -0.3 is 4.90 Å². The van der Waals surface area contributed by atoms with Crippen LogP contribution in [-0.2, 0) is 0 Å². The van der Waals surface area contributed by atoms with Crippen LogP contribution in [0.2, 0.25) is 10.0 Å². The van der Waals surface area contributed by atoms with Crippen molar-refractivity contribution in [1.29, 1.82) is 0 Å². The highest BCUT2D eigenvalue weighted by molar-refractivity contribution is 6.35. The molecule has 1 aliphatic rings. The number of halogens is 2. The summed E-state index contributed by atoms with van der Waals surface area (Å²) < 4.78 is 0. The first-order chi connectivity index (χ1) is 6.75. The molecule has 2 nitrogen and oxygen atoms in total. The van der Waals surface area contributed by atoms with Crippen LogP contribution in [0, 0.1) is 0 Å². The van der Waals surface area contributed by atoms with Gasteiger partial charge in [0.25, 0.3) is 0 Å². The maximum absolute atomic E-state index is 5.93. The minimum Gasteiger partial charge on any atom is -0.369 e. The molecule has 0 aromatic heterocycles. The lowest BCUT2D eigenvalue weighted by atomic mass is 10.2. The minimum absolute atomic E-state index is 0.690. The zero-order valence-corrected chi connectivity index (χ0v) is 9.22. The monoisotopic (exact) mass is 229 g/mol. The molecule has 0 unspecified atom stereocenters. The fourth-order valence-electron chi connectivity index (χ4n) is 1.59.